The number of aliphatic hydroxyl groups excluding tert-OH is 2. The maximum absolute atomic E-state index is 9.34. The fraction of sp³-hybridized carbons (Fsp3) is 0.400. The number of hydrogen-bond donors (Lipinski definition) is 2. The molecule has 11 aromatic rings. The van der Waals surface area contributed by atoms with Crippen LogP contribution in [0.5, 0.6) is 40.6 Å². The predicted octanol–water partition coefficient (Wildman–Crippen LogP) is 13.0. The average Bonchev–Trinajstić information content (AvgIpc) is 1.62. The van der Waals surface area contributed by atoms with Gasteiger partial charge < -0.3 is 52.7 Å². The first-order valence-electron chi connectivity index (χ1n) is 35.2. The molecular weight excluding hydrogens is 4220 g/mol. The van der Waals surface area contributed by atoms with Gasteiger partial charge in [-0.15, -0.1) is 0 Å². The van der Waals surface area contributed by atoms with E-state index in [4.69, 9.17) is 94.0 Å². The Kier molecular flexibility index (Phi) is 67.7. The number of aryl methyl sites for hydroxylation is 3. The van der Waals surface area contributed by atoms with Crippen LogP contribution in [0, 0.1) is 23.7 Å². The third-order valence-corrected chi connectivity index (χ3v) is 21.2. The van der Waals surface area contributed by atoms with Gasteiger partial charge in [0.1, 0.15) is 34.8 Å². The second-order valence-electron chi connectivity index (χ2n) is 27.4. The molecule has 0 amide bonds. The third-order valence-electron chi connectivity index (χ3n) is 19.0. The van der Waals surface area contributed by atoms with Crippen LogP contribution in [0.3, 0.4) is 0 Å². The zero-order chi connectivity index (χ0) is 79.1. The van der Waals surface area contributed by atoms with E-state index in [1.807, 2.05) is 116 Å². The van der Waals surface area contributed by atoms with Crippen molar-refractivity contribution >= 4 is 90.8 Å². The first kappa shape index (κ1) is 132. The molecule has 2 N–H and O–H groups in total. The van der Waals surface area contributed by atoms with E-state index < -0.39 is 0 Å². The number of nitrogens with zero attached hydrogens (tertiary/aromatic N) is 18. The molecule has 12 heterocycles. The maximum atomic E-state index is 9.34. The van der Waals surface area contributed by atoms with Gasteiger partial charge in [-0.1, -0.05) is 11.6 Å². The number of aromatic nitrogens is 18. The van der Waals surface area contributed by atoms with Crippen molar-refractivity contribution in [2.45, 2.75) is 94.9 Å². The molecule has 29 nitrogen and oxygen atoms in total. The SMILES string of the molecule is COc1ccc(C2C[C@@H]2CO)nc1.COc1ccc(C2C[C@@H]2COc2nc(CO)ncc2-c2cnn(C)c2)nc1.COc1ccc(C2C[C@@H]2COc2nc(Cl)ncc2-c2cnn(C)c2)nc1.COc1ccc(C2C[C@@H]2COc2nc(Cl)ncc2Br)nc1.Clc1ncc(Br)c(Cl)n1.Cn1cc(B2OC(C)(C)C(C)(C)O2)cn1.[W].[W].[W].[W].[W].[W].[W].[W].[W].[W].[W].[W].[W].[W]. The summed E-state index contributed by atoms with van der Waals surface area (Å²) in [6.07, 6.45) is 28.5. The summed E-state index contributed by atoms with van der Waals surface area (Å²) in [4.78, 5) is 49.6. The zero-order valence-electron chi connectivity index (χ0n) is 68.4. The Balaban J connectivity index is -0.000000707. The molecule has 4 saturated carbocycles. The number of hydrogen-bond acceptors (Lipinski definition) is 26. The second kappa shape index (κ2) is 64.1. The van der Waals surface area contributed by atoms with Crippen molar-refractivity contribution in [3.05, 3.63) is 194 Å². The Morgan fingerprint density at radius 1 is 0.400 bits per heavy atom. The van der Waals surface area contributed by atoms with E-state index in [2.05, 4.69) is 107 Å². The van der Waals surface area contributed by atoms with Gasteiger partial charge in [0.2, 0.25) is 33.5 Å². The molecule has 125 heavy (non-hydrogen) atoms. The molecule has 16 rings (SSSR count). The average molecular weight is 4300 g/mol. The van der Waals surface area contributed by atoms with Crippen molar-refractivity contribution in [1.29, 1.82) is 0 Å². The van der Waals surface area contributed by atoms with Crippen LogP contribution in [0.4, 0.5) is 0 Å². The Hall–Kier alpha value is 0.811. The Morgan fingerprint density at radius 3 is 1.05 bits per heavy atom. The molecule has 0 radical (unpaired) electrons. The summed E-state index contributed by atoms with van der Waals surface area (Å²) in [5, 5.41) is 31.5. The molecule has 0 aromatic carbocycles. The number of methoxy groups -OCH3 is 4. The molecular formula is C75H83BBr2Cl4N18O11W14. The Bertz CT molecular complexity index is 4900. The minimum absolute atomic E-state index is 0. The predicted molar refractivity (Wildman–Crippen MR) is 423 cm³/mol. The molecule has 668 valence electrons. The van der Waals surface area contributed by atoms with Crippen LogP contribution in [0.15, 0.2) is 144 Å². The van der Waals surface area contributed by atoms with Gasteiger partial charge in [-0.25, -0.2) is 24.9 Å². The van der Waals surface area contributed by atoms with E-state index in [0.717, 1.165) is 99.2 Å². The van der Waals surface area contributed by atoms with E-state index in [9.17, 15) is 5.11 Å². The molecule has 8 atom stereocenters. The van der Waals surface area contributed by atoms with Crippen molar-refractivity contribution in [2.24, 2.45) is 44.8 Å². The van der Waals surface area contributed by atoms with Crippen LogP contribution in [0.2, 0.25) is 21.0 Å². The van der Waals surface area contributed by atoms with E-state index in [1.165, 1.54) is 6.20 Å². The smallest absolute Gasteiger partial charge is 0.495 e. The first-order chi connectivity index (χ1) is 53.3. The summed E-state index contributed by atoms with van der Waals surface area (Å²) < 4.78 is 56.4. The summed E-state index contributed by atoms with van der Waals surface area (Å²) in [6.45, 7) is 9.90. The molecule has 1 aliphatic heterocycles. The molecule has 1 saturated heterocycles. The van der Waals surface area contributed by atoms with Crippen LogP contribution in [-0.4, -0.2) is 173 Å². The molecule has 11 aromatic heterocycles. The number of halogens is 6. The molecule has 0 spiro atoms. The summed E-state index contributed by atoms with van der Waals surface area (Å²) in [5.41, 5.74) is 7.97. The van der Waals surface area contributed by atoms with Crippen molar-refractivity contribution in [2.75, 3.05) is 54.9 Å². The van der Waals surface area contributed by atoms with Crippen LogP contribution in [-0.2, 0) is 332 Å². The molecule has 5 aliphatic rings. The van der Waals surface area contributed by atoms with Gasteiger partial charge in [0.25, 0.3) is 0 Å². The van der Waals surface area contributed by atoms with Crippen molar-refractivity contribution in [1.82, 2.24) is 89.1 Å². The fourth-order valence-corrected chi connectivity index (χ4v) is 12.6. The van der Waals surface area contributed by atoms with Crippen molar-refractivity contribution in [3.63, 3.8) is 0 Å². The van der Waals surface area contributed by atoms with Crippen LogP contribution < -0.4 is 38.6 Å². The monoisotopic (exact) mass is 4300 g/mol. The zero-order valence-corrected chi connectivity index (χ0v) is 116. The van der Waals surface area contributed by atoms with Crippen LogP contribution in [0.25, 0.3) is 22.3 Å². The van der Waals surface area contributed by atoms with Crippen molar-refractivity contribution < 1.29 is 348 Å². The van der Waals surface area contributed by atoms with Crippen molar-refractivity contribution in [3.8, 4) is 62.9 Å². The van der Waals surface area contributed by atoms with Gasteiger partial charge in [-0.05, 0) is 174 Å². The number of rotatable bonds is 22. The third kappa shape index (κ3) is 39.7. The van der Waals surface area contributed by atoms with E-state index in [1.54, 1.807) is 104 Å². The fourth-order valence-electron chi connectivity index (χ4n) is 11.5. The quantitative estimate of drug-likeness (QED) is 0.0361. The largest absolute Gasteiger partial charge is 0.498 e. The summed E-state index contributed by atoms with van der Waals surface area (Å²) in [7, 11) is 11.8. The van der Waals surface area contributed by atoms with E-state index in [-0.39, 0.29) is 342 Å². The number of ether oxygens (including phenoxy) is 7. The molecule has 4 unspecified atom stereocenters. The summed E-state index contributed by atoms with van der Waals surface area (Å²) in [5.74, 6) is 8.20. The van der Waals surface area contributed by atoms with Gasteiger partial charge >= 0.3 is 7.12 Å². The second-order valence-corrected chi connectivity index (χ2v) is 30.5. The summed E-state index contributed by atoms with van der Waals surface area (Å²) in [6, 6.07) is 15.7. The van der Waals surface area contributed by atoms with E-state index >= 15 is 0 Å². The number of pyridine rings is 4. The van der Waals surface area contributed by atoms with E-state index in [0.29, 0.717) is 105 Å². The minimum Gasteiger partial charge on any atom is -0.495 e. The normalized spacial score (nSPS) is 17.4. The standard InChI is InChI=1S/C19H21N5O3.C18H18ClN5O2.C14H13BrClN3O2.C10H17BN2O2.C10H13NO2.C4HBrCl2N2.14W/c1-24-9-13(6-22-24)16-8-21-18(10-25)23-19(16)27-11-12-5-15(12)17-4-3-14(26-2)7-20-17;1-24-9-12(6-22-24)15-8-21-18(19)23-17(15)26-10-11-5-14(11)16-4-3-13(25-2)7-20-16;1-20-9-2-3-12(17-5-9)10-4-8(10)7-21-13-11(15)6-18-14(16)19-13;1-9(2)10(3,4)15-11(14-9)8-6-12-13(5)7-8;1-13-8-2-3-10(11-5-8)9-4-7(9)6-12;5-2-1-8-4(7)9-3(2)6;;;;;;;;;;;;;;/h3-4,6-9,12,15,25H,5,10-11H2,1-2H3;3-4,6-9,11,14H,5,10H2,1-2H3;2-3,5-6,8,10H,4,7H2,1H3;6-7H,1-5H3;2-3,5,7,9,12H,4,6H2,1H3;1H;;;;;;;;;;;;;;/t12-,15?;11-,14?;8-,10?;;7-,9?;;;;;;;;;;;;;;;/m111.1.............../s1. The topological polar surface area (TPSA) is 332 Å². The van der Waals surface area contributed by atoms with Crippen LogP contribution in [0.1, 0.15) is 106 Å². The Morgan fingerprint density at radius 2 is 0.728 bits per heavy atom. The molecule has 0 bridgehead atoms. The van der Waals surface area contributed by atoms with Gasteiger partial charge in [-0.3, -0.25) is 34.0 Å². The first-order valence-corrected chi connectivity index (χ1v) is 38.3. The molecule has 50 heteroatoms. The molecule has 4 aliphatic carbocycles. The maximum Gasteiger partial charge on any atom is 0.498 e. The molecule has 5 fully saturated rings. The Labute approximate surface area is 964 Å². The number of aliphatic hydroxyl groups is 2. The van der Waals surface area contributed by atoms with Crippen LogP contribution >= 0.6 is 78.3 Å². The van der Waals surface area contributed by atoms with Gasteiger partial charge in [0.15, 0.2) is 5.82 Å². The summed E-state index contributed by atoms with van der Waals surface area (Å²) >= 11 is 29.1. The minimum atomic E-state index is -0.302. The van der Waals surface area contributed by atoms with Gasteiger partial charge in [0, 0.05) is 453 Å². The van der Waals surface area contributed by atoms with Gasteiger partial charge in [0.05, 0.1) is 117 Å². The van der Waals surface area contributed by atoms with Gasteiger partial charge in [-0.2, -0.15) is 30.2 Å².